The second-order valence-corrected chi connectivity index (χ2v) is 6.87. The maximum absolute atomic E-state index is 11.6. The van der Waals surface area contributed by atoms with E-state index in [4.69, 9.17) is 4.74 Å². The highest BCUT2D eigenvalue weighted by molar-refractivity contribution is 5.78. The normalized spacial score (nSPS) is 11.2. The van der Waals surface area contributed by atoms with Gasteiger partial charge in [-0.1, -0.05) is 46.8 Å². The maximum Gasteiger partial charge on any atom is 0.132 e. The van der Waals surface area contributed by atoms with Gasteiger partial charge in [0.1, 0.15) is 11.5 Å². The zero-order valence-corrected chi connectivity index (χ0v) is 14.9. The molecular weight excluding hydrogens is 272 g/mol. The van der Waals surface area contributed by atoms with Crippen molar-refractivity contribution in [1.29, 1.82) is 0 Å². The summed E-state index contributed by atoms with van der Waals surface area (Å²) in [6.07, 6.45) is 4.30. The van der Waals surface area contributed by atoms with Gasteiger partial charge in [-0.25, -0.2) is 0 Å². The van der Waals surface area contributed by atoms with E-state index in [2.05, 4.69) is 52.8 Å². The number of hydrogen-bond acceptors (Lipinski definition) is 2. The van der Waals surface area contributed by atoms with Crippen LogP contribution < -0.4 is 4.74 Å². The van der Waals surface area contributed by atoms with Crippen LogP contribution in [0.25, 0.3) is 0 Å². The van der Waals surface area contributed by atoms with Gasteiger partial charge in [0.15, 0.2) is 0 Å². The maximum atomic E-state index is 11.6. The molecule has 1 aromatic carbocycles. The Morgan fingerprint density at radius 3 is 2.45 bits per heavy atom. The highest BCUT2D eigenvalue weighted by Crippen LogP contribution is 2.28. The van der Waals surface area contributed by atoms with Crippen molar-refractivity contribution in [2.75, 3.05) is 6.61 Å². The summed E-state index contributed by atoms with van der Waals surface area (Å²) in [5.74, 6) is 2.38. The van der Waals surface area contributed by atoms with E-state index in [0.29, 0.717) is 24.0 Å². The minimum atomic E-state index is 0.392. The molecule has 0 saturated carbocycles. The second kappa shape index (κ2) is 9.66. The van der Waals surface area contributed by atoms with Crippen LogP contribution in [0.15, 0.2) is 18.2 Å². The molecule has 0 aromatic heterocycles. The number of carbonyl (C=O) groups excluding carboxylic acids is 1. The number of rotatable bonds is 10. The van der Waals surface area contributed by atoms with E-state index in [9.17, 15) is 4.79 Å². The average Bonchev–Trinajstić information content (AvgIpc) is 2.45. The molecule has 0 spiro atoms. The topological polar surface area (TPSA) is 26.3 Å². The number of Topliss-reactive ketones (excluding diaryl/α,β-unsaturated/α-hetero) is 1. The van der Waals surface area contributed by atoms with Crippen LogP contribution in [0, 0.1) is 5.92 Å². The third-order valence-corrected chi connectivity index (χ3v) is 3.72. The number of aryl methyl sites for hydroxylation is 1. The highest BCUT2D eigenvalue weighted by atomic mass is 16.5. The van der Waals surface area contributed by atoms with Gasteiger partial charge in [0.25, 0.3) is 0 Å². The largest absolute Gasteiger partial charge is 0.493 e. The average molecular weight is 304 g/mol. The summed E-state index contributed by atoms with van der Waals surface area (Å²) >= 11 is 0. The Kier molecular flexibility index (Phi) is 8.22. The van der Waals surface area contributed by atoms with Crippen LogP contribution in [-0.2, 0) is 11.2 Å². The molecule has 2 heteroatoms. The van der Waals surface area contributed by atoms with E-state index in [1.165, 1.54) is 11.1 Å². The predicted molar refractivity (Wildman–Crippen MR) is 93.7 cm³/mol. The summed E-state index contributed by atoms with van der Waals surface area (Å²) in [6.45, 7) is 11.5. The molecular formula is C20H32O2. The summed E-state index contributed by atoms with van der Waals surface area (Å²) in [7, 11) is 0. The first-order valence-corrected chi connectivity index (χ1v) is 8.71. The lowest BCUT2D eigenvalue weighted by Crippen LogP contribution is -2.07. The van der Waals surface area contributed by atoms with E-state index >= 15 is 0 Å². The number of ether oxygens (including phenoxy) is 1. The molecule has 1 aromatic rings. The first-order chi connectivity index (χ1) is 10.4. The standard InChI is InChI=1S/C20H32O2/c1-6-8-18(21)10-7-9-17-11-12-20(22-14-15(2)3)19(13-17)16(4)5/h11-13,15-16H,6-10,14H2,1-5H3. The number of hydrogen-bond donors (Lipinski definition) is 0. The summed E-state index contributed by atoms with van der Waals surface area (Å²) < 4.78 is 5.94. The van der Waals surface area contributed by atoms with Crippen molar-refractivity contribution in [1.82, 2.24) is 0 Å². The lowest BCUT2D eigenvalue weighted by atomic mass is 9.97. The summed E-state index contributed by atoms with van der Waals surface area (Å²) in [4.78, 5) is 11.6. The van der Waals surface area contributed by atoms with Crippen LogP contribution >= 0.6 is 0 Å². The first-order valence-electron chi connectivity index (χ1n) is 8.71. The van der Waals surface area contributed by atoms with Gasteiger partial charge in [-0.2, -0.15) is 0 Å². The minimum Gasteiger partial charge on any atom is -0.493 e. The zero-order chi connectivity index (χ0) is 16.5. The van der Waals surface area contributed by atoms with Gasteiger partial charge in [-0.3, -0.25) is 4.79 Å². The molecule has 0 aliphatic carbocycles. The summed E-state index contributed by atoms with van der Waals surface area (Å²) in [5.41, 5.74) is 2.59. The van der Waals surface area contributed by atoms with Crippen LogP contribution in [0.4, 0.5) is 0 Å². The Labute approximate surface area is 136 Å². The third-order valence-electron chi connectivity index (χ3n) is 3.72. The fourth-order valence-corrected chi connectivity index (χ4v) is 2.49. The Hall–Kier alpha value is -1.31. The molecule has 0 aliphatic heterocycles. The van der Waals surface area contributed by atoms with Crippen molar-refractivity contribution in [2.45, 2.75) is 72.6 Å². The minimum absolute atomic E-state index is 0.392. The van der Waals surface area contributed by atoms with Gasteiger partial charge < -0.3 is 4.74 Å². The molecule has 0 aliphatic rings. The van der Waals surface area contributed by atoms with Crippen molar-refractivity contribution < 1.29 is 9.53 Å². The third kappa shape index (κ3) is 6.64. The molecule has 0 heterocycles. The SMILES string of the molecule is CCCC(=O)CCCc1ccc(OCC(C)C)c(C(C)C)c1. The van der Waals surface area contributed by atoms with Crippen LogP contribution in [-0.4, -0.2) is 12.4 Å². The monoisotopic (exact) mass is 304 g/mol. The van der Waals surface area contributed by atoms with Crippen LogP contribution in [0.2, 0.25) is 0 Å². The van der Waals surface area contributed by atoms with Crippen molar-refractivity contribution in [2.24, 2.45) is 5.92 Å². The van der Waals surface area contributed by atoms with Crippen molar-refractivity contribution in [3.8, 4) is 5.75 Å². The molecule has 0 N–H and O–H groups in total. The van der Waals surface area contributed by atoms with Gasteiger partial charge in [0.05, 0.1) is 6.61 Å². The first kappa shape index (κ1) is 18.7. The fraction of sp³-hybridized carbons (Fsp3) is 0.650. The Morgan fingerprint density at radius 1 is 1.14 bits per heavy atom. The lowest BCUT2D eigenvalue weighted by Gasteiger charge is -2.17. The van der Waals surface area contributed by atoms with Crippen molar-refractivity contribution in [3.63, 3.8) is 0 Å². The lowest BCUT2D eigenvalue weighted by molar-refractivity contribution is -0.119. The number of carbonyl (C=O) groups is 1. The second-order valence-electron chi connectivity index (χ2n) is 6.87. The molecule has 2 nitrogen and oxygen atoms in total. The van der Waals surface area contributed by atoms with E-state index in [1.54, 1.807) is 0 Å². The van der Waals surface area contributed by atoms with Gasteiger partial charge in [0, 0.05) is 12.8 Å². The molecule has 0 fully saturated rings. The number of ketones is 1. The Morgan fingerprint density at radius 2 is 1.86 bits per heavy atom. The molecule has 0 unspecified atom stereocenters. The van der Waals surface area contributed by atoms with E-state index in [0.717, 1.165) is 38.0 Å². The molecule has 0 atom stereocenters. The Balaban J connectivity index is 2.65. The highest BCUT2D eigenvalue weighted by Gasteiger charge is 2.10. The van der Waals surface area contributed by atoms with Crippen LogP contribution in [0.3, 0.4) is 0 Å². The van der Waals surface area contributed by atoms with E-state index in [1.807, 2.05) is 0 Å². The molecule has 0 amide bonds. The smallest absolute Gasteiger partial charge is 0.132 e. The predicted octanol–water partition coefficient (Wildman–Crippen LogP) is 5.54. The summed E-state index contributed by atoms with van der Waals surface area (Å²) in [5, 5.41) is 0. The zero-order valence-electron chi connectivity index (χ0n) is 14.9. The quantitative estimate of drug-likeness (QED) is 0.567. The van der Waals surface area contributed by atoms with E-state index in [-0.39, 0.29) is 0 Å². The van der Waals surface area contributed by atoms with Gasteiger partial charge in [-0.15, -0.1) is 0 Å². The Bertz CT molecular complexity index is 461. The molecule has 22 heavy (non-hydrogen) atoms. The van der Waals surface area contributed by atoms with Crippen molar-refractivity contribution >= 4 is 5.78 Å². The van der Waals surface area contributed by atoms with Crippen LogP contribution in [0.1, 0.15) is 77.3 Å². The summed E-state index contributed by atoms with van der Waals surface area (Å²) in [6, 6.07) is 6.50. The van der Waals surface area contributed by atoms with Gasteiger partial charge in [-0.05, 0) is 48.3 Å². The molecule has 124 valence electrons. The van der Waals surface area contributed by atoms with Gasteiger partial charge >= 0.3 is 0 Å². The van der Waals surface area contributed by atoms with Gasteiger partial charge in [0.2, 0.25) is 0 Å². The molecule has 0 radical (unpaired) electrons. The van der Waals surface area contributed by atoms with E-state index < -0.39 is 0 Å². The van der Waals surface area contributed by atoms with Crippen LogP contribution in [0.5, 0.6) is 5.75 Å². The molecule has 0 saturated heterocycles. The molecule has 0 bridgehead atoms. The number of benzene rings is 1. The fourth-order valence-electron chi connectivity index (χ4n) is 2.49. The van der Waals surface area contributed by atoms with Crippen molar-refractivity contribution in [3.05, 3.63) is 29.3 Å². The molecule has 1 rings (SSSR count).